The zero-order valence-electron chi connectivity index (χ0n) is 30.2. The minimum absolute atomic E-state index is 0.386. The fraction of sp³-hybridized carbons (Fsp3) is 0.0769. The Bertz CT molecular complexity index is 2740. The summed E-state index contributed by atoms with van der Waals surface area (Å²) in [5.41, 5.74) is 22.4. The maximum Gasteiger partial charge on any atom is 0.0754 e. The smallest absolute Gasteiger partial charge is 0.0754 e. The Morgan fingerprint density at radius 3 is 1.67 bits per heavy atom. The van der Waals surface area contributed by atoms with E-state index < -0.39 is 5.41 Å². The molecule has 12 rings (SSSR count). The monoisotopic (exact) mass is 703 g/mol. The van der Waals surface area contributed by atoms with Gasteiger partial charge in [-0.25, -0.2) is 10.4 Å². The summed E-state index contributed by atoms with van der Waals surface area (Å²) in [5, 5.41) is 2.40. The third-order valence-corrected chi connectivity index (χ3v) is 12.6. The van der Waals surface area contributed by atoms with Crippen molar-refractivity contribution >= 4 is 17.1 Å². The SMILES string of the molecule is c1ccc(C2N[N@@]3C(c4cccc(-c5cccc(-c6ccc7c(c6)C6(c8ccccc8-7)c7ccccc7N(c7ccccc7)c7ccccc76)c5)c4)C23)cc1. The number of hydrogen-bond donors (Lipinski definition) is 1. The summed E-state index contributed by atoms with van der Waals surface area (Å²) in [6, 6.07) is 75.5. The first-order valence-corrected chi connectivity index (χ1v) is 19.4. The summed E-state index contributed by atoms with van der Waals surface area (Å²) < 4.78 is 0. The molecule has 3 nitrogen and oxygen atoms in total. The van der Waals surface area contributed by atoms with Gasteiger partial charge in [-0.15, -0.1) is 0 Å². The van der Waals surface area contributed by atoms with Crippen LogP contribution < -0.4 is 10.3 Å². The van der Waals surface area contributed by atoms with Crippen molar-refractivity contribution in [2.75, 3.05) is 4.90 Å². The highest BCUT2D eigenvalue weighted by atomic mass is 15.7. The number of hydrazine groups is 1. The molecule has 3 aliphatic heterocycles. The van der Waals surface area contributed by atoms with E-state index in [1.165, 1.54) is 78.1 Å². The first-order chi connectivity index (χ1) is 27.3. The lowest BCUT2D eigenvalue weighted by atomic mass is 9.64. The van der Waals surface area contributed by atoms with E-state index in [-0.39, 0.29) is 0 Å². The van der Waals surface area contributed by atoms with Gasteiger partial charge in [-0.3, -0.25) is 0 Å². The molecule has 4 aliphatic rings. The Kier molecular flexibility index (Phi) is 6.59. The molecule has 3 heteroatoms. The summed E-state index contributed by atoms with van der Waals surface area (Å²) in [5.74, 6) is 0. The molecule has 3 unspecified atom stereocenters. The zero-order chi connectivity index (χ0) is 36.1. The zero-order valence-corrected chi connectivity index (χ0v) is 30.2. The number of nitrogens with zero attached hydrogens (tertiary/aromatic N) is 2. The van der Waals surface area contributed by atoms with E-state index >= 15 is 0 Å². The first kappa shape index (κ1) is 30.9. The molecule has 2 fully saturated rings. The molecular formula is C52H37N3. The van der Waals surface area contributed by atoms with Gasteiger partial charge in [0.2, 0.25) is 0 Å². The number of fused-ring (bicyclic) bond motifs is 10. The van der Waals surface area contributed by atoms with Crippen LogP contribution in [0.3, 0.4) is 0 Å². The van der Waals surface area contributed by atoms with Crippen molar-refractivity contribution in [3.63, 3.8) is 0 Å². The van der Waals surface area contributed by atoms with Crippen molar-refractivity contribution in [1.82, 2.24) is 10.4 Å². The molecule has 0 radical (unpaired) electrons. The second kappa shape index (κ2) is 11.7. The fourth-order valence-electron chi connectivity index (χ4n) is 10.1. The van der Waals surface area contributed by atoms with Gasteiger partial charge in [-0.2, -0.15) is 0 Å². The molecule has 1 aliphatic carbocycles. The second-order valence-electron chi connectivity index (χ2n) is 15.3. The topological polar surface area (TPSA) is 18.3 Å². The highest BCUT2D eigenvalue weighted by Crippen LogP contribution is 2.63. The van der Waals surface area contributed by atoms with Crippen LogP contribution >= 0.6 is 0 Å². The maximum atomic E-state index is 3.68. The van der Waals surface area contributed by atoms with Crippen LogP contribution in [0.15, 0.2) is 200 Å². The summed E-state index contributed by atoms with van der Waals surface area (Å²) in [4.78, 5) is 2.44. The van der Waals surface area contributed by atoms with Crippen LogP contribution in [0, 0.1) is 0 Å². The van der Waals surface area contributed by atoms with E-state index in [4.69, 9.17) is 0 Å². The number of rotatable bonds is 5. The predicted molar refractivity (Wildman–Crippen MR) is 224 cm³/mol. The molecule has 55 heavy (non-hydrogen) atoms. The third-order valence-electron chi connectivity index (χ3n) is 12.6. The van der Waals surface area contributed by atoms with Crippen molar-refractivity contribution in [3.8, 4) is 33.4 Å². The van der Waals surface area contributed by atoms with Crippen molar-refractivity contribution < 1.29 is 0 Å². The van der Waals surface area contributed by atoms with Gasteiger partial charge in [0.15, 0.2) is 0 Å². The van der Waals surface area contributed by atoms with E-state index in [1.54, 1.807) is 0 Å². The third kappa shape index (κ3) is 4.40. The normalized spacial score (nSPS) is 20.4. The first-order valence-electron chi connectivity index (χ1n) is 19.4. The second-order valence-corrected chi connectivity index (χ2v) is 15.3. The van der Waals surface area contributed by atoms with Crippen molar-refractivity contribution in [2.45, 2.75) is 23.5 Å². The van der Waals surface area contributed by atoms with Gasteiger partial charge in [-0.05, 0) is 109 Å². The molecule has 0 aromatic heterocycles. The van der Waals surface area contributed by atoms with Crippen LogP contribution in [0.5, 0.6) is 0 Å². The van der Waals surface area contributed by atoms with E-state index in [2.05, 4.69) is 216 Å². The number of benzene rings is 8. The molecular weight excluding hydrogens is 667 g/mol. The Labute approximate surface area is 321 Å². The van der Waals surface area contributed by atoms with Crippen LogP contribution in [0.1, 0.15) is 45.5 Å². The Hall–Kier alpha value is -6.52. The van der Waals surface area contributed by atoms with Crippen LogP contribution in [0.4, 0.5) is 17.1 Å². The van der Waals surface area contributed by atoms with Crippen molar-refractivity contribution in [3.05, 3.63) is 234 Å². The molecule has 1 N–H and O–H groups in total. The molecule has 0 amide bonds. The quantitative estimate of drug-likeness (QED) is 0.180. The fourth-order valence-corrected chi connectivity index (χ4v) is 10.1. The molecule has 0 bridgehead atoms. The molecule has 4 atom stereocenters. The Balaban J connectivity index is 0.975. The largest absolute Gasteiger partial charge is 0.310 e. The van der Waals surface area contributed by atoms with Gasteiger partial charge in [0, 0.05) is 5.69 Å². The lowest BCUT2D eigenvalue weighted by molar-refractivity contribution is 0.187. The summed E-state index contributed by atoms with van der Waals surface area (Å²) in [6.45, 7) is 0. The van der Waals surface area contributed by atoms with Gasteiger partial charge in [0.05, 0.1) is 34.9 Å². The molecule has 8 aromatic rings. The number of para-hydroxylation sites is 3. The minimum atomic E-state index is -0.475. The van der Waals surface area contributed by atoms with E-state index in [0.717, 1.165) is 5.69 Å². The summed E-state index contributed by atoms with van der Waals surface area (Å²) in [7, 11) is 0. The van der Waals surface area contributed by atoms with Crippen LogP contribution in [0.25, 0.3) is 33.4 Å². The molecule has 8 aromatic carbocycles. The number of hydrogen-bond acceptors (Lipinski definition) is 3. The molecule has 1 spiro atoms. The average Bonchev–Trinajstić information content (AvgIpc) is 3.74. The van der Waals surface area contributed by atoms with Crippen LogP contribution in [-0.2, 0) is 5.41 Å². The summed E-state index contributed by atoms with van der Waals surface area (Å²) in [6.07, 6.45) is 0. The van der Waals surface area contributed by atoms with Gasteiger partial charge in [0.1, 0.15) is 0 Å². The van der Waals surface area contributed by atoms with Gasteiger partial charge in [0.25, 0.3) is 0 Å². The standard InChI is InChI=1S/C52H37N3/c1-3-15-34(16-4-1)49-51-50(55(51)53-49)39-20-14-19-37(32-39)35-17-13-18-36(31-35)38-29-30-42-41-23-7-8-24-43(41)52(46(42)33-38)44-25-9-11-27-47(44)54(40-21-5-2-6-22-40)48-28-12-10-26-45(48)52/h1-33,49-51,53H/t49?,50?,51?,55-/m0/s1. The molecule has 2 saturated heterocycles. The lowest BCUT2D eigenvalue weighted by Crippen LogP contribution is -2.42. The van der Waals surface area contributed by atoms with Gasteiger partial charge < -0.3 is 4.90 Å². The Morgan fingerprint density at radius 2 is 0.945 bits per heavy atom. The van der Waals surface area contributed by atoms with Crippen molar-refractivity contribution in [2.24, 2.45) is 0 Å². The van der Waals surface area contributed by atoms with Crippen LogP contribution in [-0.4, -0.2) is 11.1 Å². The number of anilines is 3. The van der Waals surface area contributed by atoms with E-state index in [9.17, 15) is 0 Å². The van der Waals surface area contributed by atoms with E-state index in [0.29, 0.717) is 18.1 Å². The predicted octanol–water partition coefficient (Wildman–Crippen LogP) is 12.2. The van der Waals surface area contributed by atoms with Gasteiger partial charge in [-0.1, -0.05) is 158 Å². The minimum Gasteiger partial charge on any atom is -0.310 e. The van der Waals surface area contributed by atoms with Crippen LogP contribution in [0.2, 0.25) is 0 Å². The maximum absolute atomic E-state index is 3.68. The molecule has 0 saturated carbocycles. The van der Waals surface area contributed by atoms with Gasteiger partial charge >= 0.3 is 0 Å². The number of nitrogens with one attached hydrogen (secondary N) is 1. The average molecular weight is 704 g/mol. The highest BCUT2D eigenvalue weighted by Gasteiger charge is 2.62. The highest BCUT2D eigenvalue weighted by molar-refractivity contribution is 5.96. The molecule has 3 heterocycles. The Morgan fingerprint density at radius 1 is 0.400 bits per heavy atom. The van der Waals surface area contributed by atoms with E-state index in [1.807, 2.05) is 0 Å². The van der Waals surface area contributed by atoms with Crippen molar-refractivity contribution in [1.29, 1.82) is 0 Å². The molecule has 260 valence electrons. The lowest BCUT2D eigenvalue weighted by Gasteiger charge is -2.45. The summed E-state index contributed by atoms with van der Waals surface area (Å²) >= 11 is 0.